The highest BCUT2D eigenvalue weighted by atomic mass is 16.3. The largest absolute Gasteiger partial charge is 0.396 e. The van der Waals surface area contributed by atoms with Crippen molar-refractivity contribution >= 4 is 0 Å². The van der Waals surface area contributed by atoms with Crippen LogP contribution in [0, 0.1) is 11.8 Å². The lowest BCUT2D eigenvalue weighted by atomic mass is 9.85. The van der Waals surface area contributed by atoms with Gasteiger partial charge in [0, 0.05) is 6.61 Å². The average Bonchev–Trinajstić information content (AvgIpc) is 2.16. The first kappa shape index (κ1) is 13.0. The molecule has 0 aliphatic rings. The Kier molecular flexibility index (Phi) is 8.53. The van der Waals surface area contributed by atoms with Gasteiger partial charge in [0.05, 0.1) is 0 Å². The Bertz CT molecular complexity index is 101. The van der Waals surface area contributed by atoms with Crippen molar-refractivity contribution in [3.8, 4) is 0 Å². The lowest BCUT2D eigenvalue weighted by molar-refractivity contribution is 0.211. The van der Waals surface area contributed by atoms with Crippen LogP contribution in [0.4, 0.5) is 0 Å². The maximum absolute atomic E-state index is 8.94. The molecule has 0 aromatic carbocycles. The molecular formula is C12H26O. The second kappa shape index (κ2) is 8.55. The third kappa shape index (κ3) is 6.09. The fraction of sp³-hybridized carbons (Fsp3) is 1.00. The molecule has 0 aromatic heterocycles. The summed E-state index contributed by atoms with van der Waals surface area (Å²) in [5, 5.41) is 8.94. The quantitative estimate of drug-likeness (QED) is 0.574. The minimum absolute atomic E-state index is 0.362. The van der Waals surface area contributed by atoms with Gasteiger partial charge in [0.1, 0.15) is 0 Å². The van der Waals surface area contributed by atoms with Gasteiger partial charge in [-0.1, -0.05) is 52.9 Å². The second-order valence-electron chi connectivity index (χ2n) is 4.15. The molecule has 0 rings (SSSR count). The molecule has 0 amide bonds. The lowest BCUT2D eigenvalue weighted by Crippen LogP contribution is -2.12. The van der Waals surface area contributed by atoms with E-state index in [2.05, 4.69) is 20.8 Å². The summed E-state index contributed by atoms with van der Waals surface area (Å²) < 4.78 is 0. The second-order valence-corrected chi connectivity index (χ2v) is 4.15. The summed E-state index contributed by atoms with van der Waals surface area (Å²) >= 11 is 0. The molecule has 80 valence electrons. The predicted octanol–water partition coefficient (Wildman–Crippen LogP) is 3.61. The highest BCUT2D eigenvalue weighted by Crippen LogP contribution is 2.24. The lowest BCUT2D eigenvalue weighted by Gasteiger charge is -2.21. The van der Waals surface area contributed by atoms with Crippen LogP contribution in [0.3, 0.4) is 0 Å². The Morgan fingerprint density at radius 3 is 2.23 bits per heavy atom. The fourth-order valence-electron chi connectivity index (χ4n) is 1.87. The van der Waals surface area contributed by atoms with Crippen molar-refractivity contribution in [2.24, 2.45) is 11.8 Å². The molecule has 13 heavy (non-hydrogen) atoms. The van der Waals surface area contributed by atoms with Crippen LogP contribution in [-0.4, -0.2) is 11.7 Å². The van der Waals surface area contributed by atoms with Crippen molar-refractivity contribution in [3.63, 3.8) is 0 Å². The van der Waals surface area contributed by atoms with Gasteiger partial charge in [-0.3, -0.25) is 0 Å². The van der Waals surface area contributed by atoms with Crippen LogP contribution in [0.15, 0.2) is 0 Å². The van der Waals surface area contributed by atoms with Gasteiger partial charge in [-0.25, -0.2) is 0 Å². The van der Waals surface area contributed by atoms with Crippen LogP contribution in [-0.2, 0) is 0 Å². The van der Waals surface area contributed by atoms with Crippen LogP contribution in [0.5, 0.6) is 0 Å². The number of rotatable bonds is 8. The molecule has 0 bridgehead atoms. The van der Waals surface area contributed by atoms with Gasteiger partial charge in [0.15, 0.2) is 0 Å². The summed E-state index contributed by atoms with van der Waals surface area (Å²) in [5.74, 6) is 1.53. The van der Waals surface area contributed by atoms with Crippen LogP contribution in [0.1, 0.15) is 59.3 Å². The van der Waals surface area contributed by atoms with Gasteiger partial charge in [-0.15, -0.1) is 0 Å². The van der Waals surface area contributed by atoms with E-state index in [0.717, 1.165) is 18.3 Å². The van der Waals surface area contributed by atoms with Gasteiger partial charge in [0.25, 0.3) is 0 Å². The van der Waals surface area contributed by atoms with Gasteiger partial charge in [-0.2, -0.15) is 0 Å². The van der Waals surface area contributed by atoms with E-state index in [4.69, 9.17) is 5.11 Å². The Morgan fingerprint density at radius 1 is 1.08 bits per heavy atom. The van der Waals surface area contributed by atoms with E-state index in [1.54, 1.807) is 0 Å². The molecule has 0 saturated heterocycles. The molecule has 1 heteroatoms. The molecule has 2 atom stereocenters. The maximum Gasteiger partial charge on any atom is 0.0433 e. The zero-order chi connectivity index (χ0) is 10.1. The van der Waals surface area contributed by atoms with E-state index in [1.807, 2.05) is 0 Å². The van der Waals surface area contributed by atoms with Gasteiger partial charge in [0.2, 0.25) is 0 Å². The van der Waals surface area contributed by atoms with Crippen molar-refractivity contribution in [1.29, 1.82) is 0 Å². The molecule has 0 radical (unpaired) electrons. The summed E-state index contributed by atoms with van der Waals surface area (Å²) in [6, 6.07) is 0. The molecule has 0 heterocycles. The SMILES string of the molecule is CCCCCC(CCO)C(C)CC. The first-order valence-electron chi connectivity index (χ1n) is 5.87. The molecule has 1 N–H and O–H groups in total. The molecule has 0 aromatic rings. The summed E-state index contributed by atoms with van der Waals surface area (Å²) in [6.45, 7) is 7.16. The van der Waals surface area contributed by atoms with E-state index in [1.165, 1.54) is 32.1 Å². The molecule has 0 aliphatic carbocycles. The van der Waals surface area contributed by atoms with Gasteiger partial charge < -0.3 is 5.11 Å². The van der Waals surface area contributed by atoms with Crippen LogP contribution in [0.2, 0.25) is 0 Å². The summed E-state index contributed by atoms with van der Waals surface area (Å²) in [6.07, 6.45) is 7.54. The molecular weight excluding hydrogens is 160 g/mol. The van der Waals surface area contributed by atoms with Crippen LogP contribution in [0.25, 0.3) is 0 Å². The van der Waals surface area contributed by atoms with Crippen molar-refractivity contribution in [2.45, 2.75) is 59.3 Å². The zero-order valence-corrected chi connectivity index (χ0v) is 9.55. The molecule has 1 nitrogen and oxygen atoms in total. The maximum atomic E-state index is 8.94. The molecule has 0 saturated carbocycles. The van der Waals surface area contributed by atoms with E-state index in [-0.39, 0.29) is 0 Å². The summed E-state index contributed by atoms with van der Waals surface area (Å²) in [5.41, 5.74) is 0. The standard InChI is InChI=1S/C12H26O/c1-4-6-7-8-12(9-10-13)11(3)5-2/h11-13H,4-10H2,1-3H3. The average molecular weight is 186 g/mol. The van der Waals surface area contributed by atoms with Crippen molar-refractivity contribution in [2.75, 3.05) is 6.61 Å². The normalized spacial score (nSPS) is 15.7. The zero-order valence-electron chi connectivity index (χ0n) is 9.55. The molecule has 0 aliphatic heterocycles. The Morgan fingerprint density at radius 2 is 1.77 bits per heavy atom. The monoisotopic (exact) mass is 186 g/mol. The van der Waals surface area contributed by atoms with Gasteiger partial charge >= 0.3 is 0 Å². The van der Waals surface area contributed by atoms with Crippen molar-refractivity contribution < 1.29 is 5.11 Å². The molecule has 0 fully saturated rings. The van der Waals surface area contributed by atoms with Crippen molar-refractivity contribution in [3.05, 3.63) is 0 Å². The highest BCUT2D eigenvalue weighted by molar-refractivity contribution is 4.65. The van der Waals surface area contributed by atoms with E-state index < -0.39 is 0 Å². The summed E-state index contributed by atoms with van der Waals surface area (Å²) in [7, 11) is 0. The smallest absolute Gasteiger partial charge is 0.0433 e. The molecule has 2 unspecified atom stereocenters. The highest BCUT2D eigenvalue weighted by Gasteiger charge is 2.14. The van der Waals surface area contributed by atoms with Crippen LogP contribution >= 0.6 is 0 Å². The number of aliphatic hydroxyl groups excluding tert-OH is 1. The number of unbranched alkanes of at least 4 members (excludes halogenated alkanes) is 2. The van der Waals surface area contributed by atoms with E-state index in [0.29, 0.717) is 6.61 Å². The minimum atomic E-state index is 0.362. The topological polar surface area (TPSA) is 20.2 Å². The van der Waals surface area contributed by atoms with E-state index in [9.17, 15) is 0 Å². The fourth-order valence-corrected chi connectivity index (χ4v) is 1.87. The Hall–Kier alpha value is -0.0400. The Balaban J connectivity index is 3.65. The number of hydrogen-bond acceptors (Lipinski definition) is 1. The molecule has 0 spiro atoms. The van der Waals surface area contributed by atoms with Gasteiger partial charge in [-0.05, 0) is 18.3 Å². The Labute approximate surface area is 83.5 Å². The van der Waals surface area contributed by atoms with Crippen LogP contribution < -0.4 is 0 Å². The number of aliphatic hydroxyl groups is 1. The minimum Gasteiger partial charge on any atom is -0.396 e. The first-order valence-corrected chi connectivity index (χ1v) is 5.87. The number of hydrogen-bond donors (Lipinski definition) is 1. The van der Waals surface area contributed by atoms with Crippen molar-refractivity contribution in [1.82, 2.24) is 0 Å². The predicted molar refractivity (Wildman–Crippen MR) is 58.8 cm³/mol. The first-order chi connectivity index (χ1) is 6.26. The van der Waals surface area contributed by atoms with E-state index >= 15 is 0 Å². The summed E-state index contributed by atoms with van der Waals surface area (Å²) in [4.78, 5) is 0. The third-order valence-electron chi connectivity index (χ3n) is 3.13. The third-order valence-corrected chi connectivity index (χ3v) is 3.13.